The van der Waals surface area contributed by atoms with Crippen LogP contribution in [0.1, 0.15) is 13.3 Å². The van der Waals surface area contributed by atoms with Crippen molar-refractivity contribution in [3.63, 3.8) is 0 Å². The van der Waals surface area contributed by atoms with E-state index >= 15 is 0 Å². The summed E-state index contributed by atoms with van der Waals surface area (Å²) in [6.07, 6.45) is 7.24. The van der Waals surface area contributed by atoms with Crippen molar-refractivity contribution in [2.75, 3.05) is 0 Å². The molecule has 0 amide bonds. The lowest BCUT2D eigenvalue weighted by atomic mass is 10.2. The van der Waals surface area contributed by atoms with E-state index in [2.05, 4.69) is 20.3 Å². The van der Waals surface area contributed by atoms with Crippen molar-refractivity contribution in [1.29, 1.82) is 0 Å². The molecule has 0 aliphatic carbocycles. The predicted molar refractivity (Wildman–Crippen MR) is 73.7 cm³/mol. The number of fused-ring (bicyclic) bond motifs is 1. The van der Waals surface area contributed by atoms with Gasteiger partial charge in [0.2, 0.25) is 0 Å². The highest BCUT2D eigenvalue weighted by Crippen LogP contribution is 2.24. The van der Waals surface area contributed by atoms with Crippen LogP contribution in [0.5, 0.6) is 0 Å². The van der Waals surface area contributed by atoms with Gasteiger partial charge in [0.1, 0.15) is 0 Å². The Morgan fingerprint density at radius 3 is 2.81 bits per heavy atom. The van der Waals surface area contributed by atoms with Crippen molar-refractivity contribution < 1.29 is 8.42 Å². The van der Waals surface area contributed by atoms with E-state index in [0.29, 0.717) is 29.9 Å². The first-order valence-corrected chi connectivity index (χ1v) is 7.80. The fourth-order valence-electron chi connectivity index (χ4n) is 2.13. The number of nitrogens with two attached hydrogens (primary N) is 1. The molecule has 110 valence electrons. The standard InChI is InChI=1S/C11H13N7O2S/c1-2-4-17-10(15-16-11(17)21(12,19)20)8-6-14-18-5-3-13-7-9(8)18/h3,5-7H,2,4H2,1H3,(H2,12,19,20). The molecule has 0 bridgehead atoms. The lowest BCUT2D eigenvalue weighted by Gasteiger charge is -2.06. The van der Waals surface area contributed by atoms with Gasteiger partial charge in [-0.1, -0.05) is 6.92 Å². The molecular formula is C11H13N7O2S. The second-order valence-corrected chi connectivity index (χ2v) is 5.92. The molecule has 0 spiro atoms. The van der Waals surface area contributed by atoms with Crippen LogP contribution >= 0.6 is 0 Å². The van der Waals surface area contributed by atoms with Gasteiger partial charge in [0.15, 0.2) is 5.82 Å². The molecule has 3 aromatic heterocycles. The molecule has 9 nitrogen and oxygen atoms in total. The first-order chi connectivity index (χ1) is 10.0. The minimum absolute atomic E-state index is 0.248. The van der Waals surface area contributed by atoms with Crippen LogP contribution in [0.15, 0.2) is 29.9 Å². The molecule has 0 radical (unpaired) electrons. The number of primary sulfonamides is 1. The first-order valence-electron chi connectivity index (χ1n) is 6.26. The van der Waals surface area contributed by atoms with Gasteiger partial charge in [-0.2, -0.15) is 5.10 Å². The zero-order valence-corrected chi connectivity index (χ0v) is 12.0. The molecule has 0 saturated carbocycles. The lowest BCUT2D eigenvalue weighted by molar-refractivity contribution is 0.559. The molecule has 0 unspecified atom stereocenters. The van der Waals surface area contributed by atoms with E-state index in [4.69, 9.17) is 5.14 Å². The third-order valence-corrected chi connectivity index (χ3v) is 3.80. The highest BCUT2D eigenvalue weighted by atomic mass is 32.2. The minimum Gasteiger partial charge on any atom is -0.297 e. The van der Waals surface area contributed by atoms with Crippen molar-refractivity contribution in [1.82, 2.24) is 29.4 Å². The largest absolute Gasteiger partial charge is 0.297 e. The second kappa shape index (κ2) is 4.90. The molecule has 10 heteroatoms. The van der Waals surface area contributed by atoms with E-state index in [0.717, 1.165) is 0 Å². The predicted octanol–water partition coefficient (Wildman–Crippen LogP) is 0.0452. The van der Waals surface area contributed by atoms with Crippen LogP contribution in [0.25, 0.3) is 16.9 Å². The highest BCUT2D eigenvalue weighted by Gasteiger charge is 2.23. The third kappa shape index (κ3) is 2.28. The Morgan fingerprint density at radius 1 is 1.29 bits per heavy atom. The van der Waals surface area contributed by atoms with Gasteiger partial charge in [0, 0.05) is 18.9 Å². The van der Waals surface area contributed by atoms with Crippen molar-refractivity contribution >= 4 is 15.5 Å². The van der Waals surface area contributed by atoms with Gasteiger partial charge in [-0.15, -0.1) is 10.2 Å². The second-order valence-electron chi connectivity index (χ2n) is 4.47. The smallest absolute Gasteiger partial charge is 0.273 e. The van der Waals surface area contributed by atoms with Crippen LogP contribution < -0.4 is 5.14 Å². The Bertz CT molecular complexity index is 896. The summed E-state index contributed by atoms with van der Waals surface area (Å²) in [5.41, 5.74) is 1.36. The summed E-state index contributed by atoms with van der Waals surface area (Å²) in [5.74, 6) is 0.406. The van der Waals surface area contributed by atoms with Gasteiger partial charge in [0.25, 0.3) is 15.2 Å². The fraction of sp³-hybridized carbons (Fsp3) is 0.273. The maximum Gasteiger partial charge on any atom is 0.273 e. The zero-order chi connectivity index (χ0) is 15.0. The van der Waals surface area contributed by atoms with Crippen LogP contribution in [-0.2, 0) is 16.6 Å². The molecule has 0 saturated heterocycles. The summed E-state index contributed by atoms with van der Waals surface area (Å²) in [4.78, 5) is 4.04. The number of aromatic nitrogens is 6. The summed E-state index contributed by atoms with van der Waals surface area (Å²) < 4.78 is 26.3. The number of nitrogens with zero attached hydrogens (tertiary/aromatic N) is 6. The van der Waals surface area contributed by atoms with Gasteiger partial charge in [0.05, 0.1) is 23.5 Å². The topological polar surface area (TPSA) is 121 Å². The van der Waals surface area contributed by atoms with Crippen LogP contribution in [0.3, 0.4) is 0 Å². The molecular weight excluding hydrogens is 294 g/mol. The van der Waals surface area contributed by atoms with Crippen LogP contribution in [-0.4, -0.2) is 37.8 Å². The Kier molecular flexibility index (Phi) is 3.18. The molecule has 0 aliphatic rings. The normalized spacial score (nSPS) is 12.1. The summed E-state index contributed by atoms with van der Waals surface area (Å²) in [7, 11) is -3.93. The molecule has 3 rings (SSSR count). The third-order valence-electron chi connectivity index (χ3n) is 2.98. The van der Waals surface area contributed by atoms with Gasteiger partial charge in [-0.3, -0.25) is 9.55 Å². The van der Waals surface area contributed by atoms with Crippen molar-refractivity contribution in [3.8, 4) is 11.4 Å². The number of sulfonamides is 1. The summed E-state index contributed by atoms with van der Waals surface area (Å²) in [5, 5.41) is 16.8. The summed E-state index contributed by atoms with van der Waals surface area (Å²) in [6, 6.07) is 0. The molecule has 0 aromatic carbocycles. The van der Waals surface area contributed by atoms with Gasteiger partial charge >= 0.3 is 0 Å². The molecule has 3 heterocycles. The zero-order valence-electron chi connectivity index (χ0n) is 11.2. The molecule has 21 heavy (non-hydrogen) atoms. The quantitative estimate of drug-likeness (QED) is 0.726. The van der Waals surface area contributed by atoms with Crippen molar-refractivity contribution in [2.24, 2.45) is 5.14 Å². The van der Waals surface area contributed by atoms with Crippen LogP contribution in [0.2, 0.25) is 0 Å². The van der Waals surface area contributed by atoms with Gasteiger partial charge < -0.3 is 0 Å². The van der Waals surface area contributed by atoms with E-state index in [1.54, 1.807) is 29.3 Å². The van der Waals surface area contributed by atoms with Crippen molar-refractivity contribution in [3.05, 3.63) is 24.8 Å². The number of hydrogen-bond donors (Lipinski definition) is 1. The molecule has 0 fully saturated rings. The average Bonchev–Trinajstić information content (AvgIpc) is 3.02. The van der Waals surface area contributed by atoms with E-state index in [9.17, 15) is 8.42 Å². The van der Waals surface area contributed by atoms with Gasteiger partial charge in [-0.25, -0.2) is 18.1 Å². The van der Waals surface area contributed by atoms with E-state index in [-0.39, 0.29) is 5.16 Å². The van der Waals surface area contributed by atoms with Gasteiger partial charge in [-0.05, 0) is 6.42 Å². The summed E-state index contributed by atoms with van der Waals surface area (Å²) in [6.45, 7) is 2.36. The molecule has 0 atom stereocenters. The monoisotopic (exact) mass is 307 g/mol. The van der Waals surface area contributed by atoms with E-state index in [1.807, 2.05) is 6.92 Å². The van der Waals surface area contributed by atoms with E-state index in [1.165, 1.54) is 4.57 Å². The van der Waals surface area contributed by atoms with Crippen LogP contribution in [0.4, 0.5) is 0 Å². The Labute approximate surface area is 120 Å². The van der Waals surface area contributed by atoms with Crippen LogP contribution in [0, 0.1) is 0 Å². The Hall–Kier alpha value is -2.33. The lowest BCUT2D eigenvalue weighted by Crippen LogP contribution is -2.19. The van der Waals surface area contributed by atoms with Crippen molar-refractivity contribution in [2.45, 2.75) is 25.0 Å². The Balaban J connectivity index is 2.25. The fourth-order valence-corrected chi connectivity index (χ4v) is 2.77. The summed E-state index contributed by atoms with van der Waals surface area (Å²) >= 11 is 0. The maximum atomic E-state index is 11.6. The molecule has 2 N–H and O–H groups in total. The SMILES string of the molecule is CCCn1c(-c2cnn3ccncc23)nnc1S(N)(=O)=O. The highest BCUT2D eigenvalue weighted by molar-refractivity contribution is 7.89. The first kappa shape index (κ1) is 13.6. The molecule has 0 aliphatic heterocycles. The number of hydrogen-bond acceptors (Lipinski definition) is 6. The maximum absolute atomic E-state index is 11.6. The Morgan fingerprint density at radius 2 is 2.10 bits per heavy atom. The molecule has 3 aromatic rings. The number of rotatable bonds is 4. The average molecular weight is 307 g/mol. The van der Waals surface area contributed by atoms with E-state index < -0.39 is 10.0 Å². The minimum atomic E-state index is -3.93.